The summed E-state index contributed by atoms with van der Waals surface area (Å²) in [4.78, 5) is 22.0. The number of hydrogen-bond acceptors (Lipinski definition) is 3. The lowest BCUT2D eigenvalue weighted by Gasteiger charge is -2.18. The topological polar surface area (TPSA) is 43.4 Å². The van der Waals surface area contributed by atoms with Crippen molar-refractivity contribution in [3.8, 4) is 0 Å². The highest BCUT2D eigenvalue weighted by atomic mass is 16.6. The molecule has 3 nitrogen and oxygen atoms in total. The highest BCUT2D eigenvalue weighted by molar-refractivity contribution is 5.96. The molecule has 1 saturated carbocycles. The van der Waals surface area contributed by atoms with Crippen LogP contribution in [0.15, 0.2) is 0 Å². The van der Waals surface area contributed by atoms with Crippen LogP contribution in [0.1, 0.15) is 46.0 Å². The average molecular weight is 198 g/mol. The van der Waals surface area contributed by atoms with Gasteiger partial charge in [-0.05, 0) is 12.8 Å². The van der Waals surface area contributed by atoms with Gasteiger partial charge < -0.3 is 4.74 Å². The number of carbonyl (C=O) groups excluding carboxylic acids is 2. The smallest absolute Gasteiger partial charge is 0.317 e. The van der Waals surface area contributed by atoms with Gasteiger partial charge in [-0.2, -0.15) is 0 Å². The molecule has 2 rings (SSSR count). The first-order valence-corrected chi connectivity index (χ1v) is 5.46. The van der Waals surface area contributed by atoms with Crippen LogP contribution in [-0.4, -0.2) is 11.9 Å². The first-order valence-electron chi connectivity index (χ1n) is 5.46. The van der Waals surface area contributed by atoms with Gasteiger partial charge in [-0.25, -0.2) is 0 Å². The van der Waals surface area contributed by atoms with Crippen LogP contribution in [0.25, 0.3) is 0 Å². The molecule has 1 saturated heterocycles. The second-order valence-electron chi connectivity index (χ2n) is 3.94. The van der Waals surface area contributed by atoms with Crippen LogP contribution in [0.3, 0.4) is 0 Å². The summed E-state index contributed by atoms with van der Waals surface area (Å²) in [6.45, 7) is 4.25. The van der Waals surface area contributed by atoms with Crippen LogP contribution in [-0.2, 0) is 14.3 Å². The minimum Gasteiger partial charge on any atom is -0.393 e. The lowest BCUT2D eigenvalue weighted by Crippen LogP contribution is -2.21. The zero-order valence-corrected chi connectivity index (χ0v) is 8.91. The number of carbonyl (C=O) groups is 2. The van der Waals surface area contributed by atoms with Crippen molar-refractivity contribution in [2.45, 2.75) is 46.0 Å². The number of esters is 2. The van der Waals surface area contributed by atoms with Crippen molar-refractivity contribution in [1.82, 2.24) is 0 Å². The Morgan fingerprint density at radius 1 is 1.07 bits per heavy atom. The van der Waals surface area contributed by atoms with Gasteiger partial charge in [0.25, 0.3) is 0 Å². The Bertz CT molecular complexity index is 201. The van der Waals surface area contributed by atoms with E-state index in [1.807, 2.05) is 0 Å². The Hall–Kier alpha value is -0.860. The Morgan fingerprint density at radius 3 is 1.79 bits per heavy atom. The van der Waals surface area contributed by atoms with E-state index in [0.717, 1.165) is 25.7 Å². The molecule has 0 aromatic heterocycles. The molecule has 1 aliphatic heterocycles. The van der Waals surface area contributed by atoms with Gasteiger partial charge in [-0.15, -0.1) is 0 Å². The molecule has 3 heteroatoms. The Balaban J connectivity index is 0.000000293. The third-order valence-corrected chi connectivity index (χ3v) is 2.57. The van der Waals surface area contributed by atoms with E-state index < -0.39 is 0 Å². The fraction of sp³-hybridized carbons (Fsp3) is 0.818. The van der Waals surface area contributed by atoms with Gasteiger partial charge in [0, 0.05) is 0 Å². The highest BCUT2D eigenvalue weighted by Crippen LogP contribution is 2.36. The highest BCUT2D eigenvalue weighted by Gasteiger charge is 2.44. The number of fused-ring (bicyclic) bond motifs is 1. The summed E-state index contributed by atoms with van der Waals surface area (Å²) in [6.07, 6.45) is 5.05. The van der Waals surface area contributed by atoms with E-state index in [4.69, 9.17) is 0 Å². The molecular formula is C11H18O3. The number of hydrogen-bond donors (Lipinski definition) is 0. The number of cyclic esters (lactones) is 2. The first-order chi connectivity index (χ1) is 6.70. The maximum atomic E-state index is 11.0. The van der Waals surface area contributed by atoms with E-state index >= 15 is 0 Å². The third kappa shape index (κ3) is 2.34. The summed E-state index contributed by atoms with van der Waals surface area (Å²) < 4.78 is 4.53. The van der Waals surface area contributed by atoms with Crippen molar-refractivity contribution < 1.29 is 14.3 Å². The predicted molar refractivity (Wildman–Crippen MR) is 52.5 cm³/mol. The monoisotopic (exact) mass is 198 g/mol. The lowest BCUT2D eigenvalue weighted by atomic mass is 9.81. The normalized spacial score (nSPS) is 30.1. The van der Waals surface area contributed by atoms with Gasteiger partial charge in [-0.3, -0.25) is 9.59 Å². The molecule has 0 spiro atoms. The fourth-order valence-electron chi connectivity index (χ4n) is 1.95. The predicted octanol–water partition coefficient (Wildman–Crippen LogP) is 2.29. The molecule has 2 unspecified atom stereocenters. The molecule has 14 heavy (non-hydrogen) atoms. The maximum Gasteiger partial charge on any atom is 0.317 e. The fourth-order valence-corrected chi connectivity index (χ4v) is 1.95. The van der Waals surface area contributed by atoms with Crippen LogP contribution < -0.4 is 0 Å². The van der Waals surface area contributed by atoms with Crippen molar-refractivity contribution in [2.75, 3.05) is 0 Å². The Kier molecular flexibility index (Phi) is 4.11. The van der Waals surface area contributed by atoms with E-state index in [-0.39, 0.29) is 23.8 Å². The third-order valence-electron chi connectivity index (χ3n) is 2.57. The Morgan fingerprint density at radius 2 is 1.43 bits per heavy atom. The van der Waals surface area contributed by atoms with Gasteiger partial charge in [0.15, 0.2) is 0 Å². The zero-order chi connectivity index (χ0) is 10.6. The minimum atomic E-state index is -0.292. The second kappa shape index (κ2) is 5.13. The van der Waals surface area contributed by atoms with Gasteiger partial charge >= 0.3 is 11.9 Å². The molecule has 0 bridgehead atoms. The summed E-state index contributed by atoms with van der Waals surface area (Å²) >= 11 is 0. The van der Waals surface area contributed by atoms with Crippen LogP contribution >= 0.6 is 0 Å². The summed E-state index contributed by atoms with van der Waals surface area (Å²) in [5.74, 6) is -0.785. The maximum absolute atomic E-state index is 11.0. The van der Waals surface area contributed by atoms with Gasteiger partial charge in [-0.1, -0.05) is 33.1 Å². The van der Waals surface area contributed by atoms with Crippen molar-refractivity contribution in [3.63, 3.8) is 0 Å². The van der Waals surface area contributed by atoms with Crippen LogP contribution in [0.2, 0.25) is 0 Å². The van der Waals surface area contributed by atoms with E-state index in [1.165, 1.54) is 6.42 Å². The SMILES string of the molecule is CCC.O=C1OC(=O)C2CCCCC12. The Labute approximate surface area is 84.8 Å². The number of ether oxygens (including phenoxy) is 1. The molecule has 2 fully saturated rings. The van der Waals surface area contributed by atoms with Gasteiger partial charge in [0.05, 0.1) is 11.8 Å². The molecular weight excluding hydrogens is 180 g/mol. The van der Waals surface area contributed by atoms with Crippen LogP contribution in [0, 0.1) is 11.8 Å². The molecule has 0 aromatic carbocycles. The van der Waals surface area contributed by atoms with Crippen molar-refractivity contribution >= 4 is 11.9 Å². The first kappa shape index (κ1) is 11.2. The van der Waals surface area contributed by atoms with Crippen molar-refractivity contribution in [3.05, 3.63) is 0 Å². The molecule has 1 aliphatic carbocycles. The molecule has 0 radical (unpaired) electrons. The molecule has 0 amide bonds. The van der Waals surface area contributed by atoms with Gasteiger partial charge in [0.1, 0.15) is 0 Å². The minimum absolute atomic E-state index is 0.101. The second-order valence-corrected chi connectivity index (χ2v) is 3.94. The van der Waals surface area contributed by atoms with Crippen molar-refractivity contribution in [1.29, 1.82) is 0 Å². The molecule has 2 atom stereocenters. The summed E-state index contributed by atoms with van der Waals surface area (Å²) in [5.41, 5.74) is 0. The van der Waals surface area contributed by atoms with Crippen LogP contribution in [0.5, 0.6) is 0 Å². The van der Waals surface area contributed by atoms with E-state index in [9.17, 15) is 9.59 Å². The largest absolute Gasteiger partial charge is 0.393 e. The summed E-state index contributed by atoms with van der Waals surface area (Å²) in [7, 11) is 0. The lowest BCUT2D eigenvalue weighted by molar-refractivity contribution is -0.153. The quantitative estimate of drug-likeness (QED) is 0.443. The number of rotatable bonds is 0. The van der Waals surface area contributed by atoms with Gasteiger partial charge in [0.2, 0.25) is 0 Å². The molecule has 2 aliphatic rings. The molecule has 0 N–H and O–H groups in total. The van der Waals surface area contributed by atoms with E-state index in [2.05, 4.69) is 18.6 Å². The van der Waals surface area contributed by atoms with E-state index in [1.54, 1.807) is 0 Å². The van der Waals surface area contributed by atoms with Crippen molar-refractivity contribution in [2.24, 2.45) is 11.8 Å². The summed E-state index contributed by atoms with van der Waals surface area (Å²) in [6, 6.07) is 0. The van der Waals surface area contributed by atoms with Crippen LogP contribution in [0.4, 0.5) is 0 Å². The molecule has 1 heterocycles. The molecule has 80 valence electrons. The molecule has 0 aromatic rings. The zero-order valence-electron chi connectivity index (χ0n) is 8.91. The van der Waals surface area contributed by atoms with E-state index in [0.29, 0.717) is 0 Å². The average Bonchev–Trinajstić information content (AvgIpc) is 2.45. The summed E-state index contributed by atoms with van der Waals surface area (Å²) in [5, 5.41) is 0. The standard InChI is InChI=1S/C8H10O3.C3H8/c9-7-5-3-1-2-4-6(5)8(10)11-7;1-3-2/h5-6H,1-4H2;3H2,1-2H3.